The highest BCUT2D eigenvalue weighted by Gasteiger charge is 2.52. The van der Waals surface area contributed by atoms with Gasteiger partial charge in [-0.25, -0.2) is 9.59 Å². The quantitative estimate of drug-likeness (QED) is 0.277. The van der Waals surface area contributed by atoms with E-state index in [0.717, 1.165) is 11.1 Å². The molecule has 0 bridgehead atoms. The minimum absolute atomic E-state index is 0.0389. The molecule has 0 radical (unpaired) electrons. The summed E-state index contributed by atoms with van der Waals surface area (Å²) in [6, 6.07) is 18.1. The van der Waals surface area contributed by atoms with Crippen LogP contribution in [0.3, 0.4) is 0 Å². The Morgan fingerprint density at radius 2 is 1.56 bits per heavy atom. The van der Waals surface area contributed by atoms with Gasteiger partial charge in [0, 0.05) is 24.9 Å². The number of aromatic nitrogens is 1. The summed E-state index contributed by atoms with van der Waals surface area (Å²) in [7, 11) is -0.722. The number of ether oxygens (including phenoxy) is 2. The second-order valence-electron chi connectivity index (χ2n) is 11.2. The predicted molar refractivity (Wildman–Crippen MR) is 157 cm³/mol. The highest BCUT2D eigenvalue weighted by Crippen LogP contribution is 2.44. The largest absolute Gasteiger partial charge is 0.492 e. The fourth-order valence-electron chi connectivity index (χ4n) is 5.10. The van der Waals surface area contributed by atoms with Crippen LogP contribution in [0.25, 0.3) is 17.2 Å². The number of nitrogens with one attached hydrogen (secondary N) is 1. The number of benzene rings is 2. The molecular formula is C32H35BN2O6. The summed E-state index contributed by atoms with van der Waals surface area (Å²) in [6.07, 6.45) is 4.34. The van der Waals surface area contributed by atoms with Crippen LogP contribution in [0.5, 0.6) is 0 Å². The average Bonchev–Trinajstić information content (AvgIpc) is 3.38. The highest BCUT2D eigenvalue weighted by molar-refractivity contribution is 6.56. The Morgan fingerprint density at radius 1 is 0.951 bits per heavy atom. The number of hydrogen-bond acceptors (Lipinski definition) is 7. The summed E-state index contributed by atoms with van der Waals surface area (Å²) in [5.74, 6) is -0.493. The Hall–Kier alpha value is -3.95. The van der Waals surface area contributed by atoms with Crippen LogP contribution in [0.2, 0.25) is 0 Å². The molecule has 1 aliphatic carbocycles. The van der Waals surface area contributed by atoms with Gasteiger partial charge in [-0.1, -0.05) is 54.6 Å². The number of amides is 1. The van der Waals surface area contributed by atoms with Gasteiger partial charge in [-0.05, 0) is 74.0 Å². The third kappa shape index (κ3) is 5.92. The molecule has 0 atom stereocenters. The van der Waals surface area contributed by atoms with E-state index in [9.17, 15) is 9.59 Å². The standard InChI is InChI=1S/C32H35BN2O6/c1-6-38-29(36)22-15-21(17-34-18-22)16-23(33-40-31(2,3)32(4,5)41-33)19-35-30(37)39-20-28-26-13-9-7-11-24(26)25-12-8-10-14-27(25)28/h7-18,28H,6,19-20H2,1-5H3,(H,35,37). The normalized spacial score (nSPS) is 17.1. The van der Waals surface area contributed by atoms with Crippen molar-refractivity contribution >= 4 is 25.3 Å². The zero-order valence-electron chi connectivity index (χ0n) is 24.1. The second kappa shape index (κ2) is 11.5. The number of rotatable bonds is 8. The average molecular weight is 554 g/mol. The van der Waals surface area contributed by atoms with E-state index in [1.54, 1.807) is 19.2 Å². The van der Waals surface area contributed by atoms with Crippen LogP contribution < -0.4 is 5.32 Å². The first-order valence-electron chi connectivity index (χ1n) is 13.9. The van der Waals surface area contributed by atoms with Crippen molar-refractivity contribution < 1.29 is 28.4 Å². The molecule has 2 aromatic carbocycles. The second-order valence-corrected chi connectivity index (χ2v) is 11.2. The van der Waals surface area contributed by atoms with Gasteiger partial charge in [0.05, 0.1) is 23.4 Å². The molecule has 0 unspecified atom stereocenters. The molecule has 1 N–H and O–H groups in total. The van der Waals surface area contributed by atoms with Crippen molar-refractivity contribution in [3.8, 4) is 11.1 Å². The Bertz CT molecular complexity index is 1420. The molecule has 0 spiro atoms. The van der Waals surface area contributed by atoms with Gasteiger partial charge in [0.15, 0.2) is 0 Å². The van der Waals surface area contributed by atoms with Crippen LogP contribution in [0, 0.1) is 0 Å². The van der Waals surface area contributed by atoms with E-state index in [1.165, 1.54) is 17.3 Å². The maximum atomic E-state index is 12.9. The van der Waals surface area contributed by atoms with Gasteiger partial charge in [-0.15, -0.1) is 0 Å². The number of hydrogen-bond donors (Lipinski definition) is 1. The van der Waals surface area contributed by atoms with Crippen molar-refractivity contribution in [2.75, 3.05) is 19.8 Å². The van der Waals surface area contributed by atoms with Crippen LogP contribution in [0.15, 0.2) is 72.5 Å². The SMILES string of the molecule is CCOC(=O)c1cncc(C=C(CNC(=O)OCC2c3ccccc3-c3ccccc32)B2OC(C)(C)C(C)(C)O2)c1. The smallest absolute Gasteiger partial charge is 0.462 e. The first-order chi connectivity index (χ1) is 19.6. The number of fused-ring (bicyclic) bond motifs is 3. The van der Waals surface area contributed by atoms with Gasteiger partial charge in [-0.2, -0.15) is 0 Å². The van der Waals surface area contributed by atoms with Crippen molar-refractivity contribution in [3.05, 3.63) is 94.7 Å². The molecule has 2 heterocycles. The topological polar surface area (TPSA) is 96.0 Å². The Morgan fingerprint density at radius 3 is 2.17 bits per heavy atom. The molecule has 1 aliphatic heterocycles. The molecule has 9 heteroatoms. The number of carbonyl (C=O) groups is 2. The van der Waals surface area contributed by atoms with Crippen LogP contribution in [-0.2, 0) is 18.8 Å². The predicted octanol–water partition coefficient (Wildman–Crippen LogP) is 5.81. The molecular weight excluding hydrogens is 519 g/mol. The van der Waals surface area contributed by atoms with Gasteiger partial charge in [0.25, 0.3) is 0 Å². The summed E-state index contributed by atoms with van der Waals surface area (Å²) < 4.78 is 23.4. The van der Waals surface area contributed by atoms with Crippen LogP contribution in [0.4, 0.5) is 4.79 Å². The molecule has 212 valence electrons. The lowest BCUT2D eigenvalue weighted by Gasteiger charge is -2.32. The first-order valence-corrected chi connectivity index (χ1v) is 13.9. The molecule has 0 saturated carbocycles. The Labute approximate surface area is 241 Å². The molecule has 1 amide bonds. The molecule has 41 heavy (non-hydrogen) atoms. The molecule has 3 aromatic rings. The zero-order chi connectivity index (χ0) is 29.2. The molecule has 8 nitrogen and oxygen atoms in total. The maximum Gasteiger partial charge on any atom is 0.492 e. The monoisotopic (exact) mass is 554 g/mol. The Balaban J connectivity index is 1.32. The molecule has 2 aliphatic rings. The lowest BCUT2D eigenvalue weighted by molar-refractivity contribution is 0.00578. The summed E-state index contributed by atoms with van der Waals surface area (Å²) in [5.41, 5.74) is 5.11. The Kier molecular flexibility index (Phi) is 8.02. The molecule has 1 aromatic heterocycles. The minimum Gasteiger partial charge on any atom is -0.462 e. The number of carbonyl (C=O) groups excluding carboxylic acids is 2. The summed E-state index contributed by atoms with van der Waals surface area (Å²) in [5, 5.41) is 2.86. The van der Waals surface area contributed by atoms with E-state index in [-0.39, 0.29) is 25.7 Å². The lowest BCUT2D eigenvalue weighted by Crippen LogP contribution is -2.41. The van der Waals surface area contributed by atoms with E-state index >= 15 is 0 Å². The van der Waals surface area contributed by atoms with Gasteiger partial charge >= 0.3 is 19.2 Å². The number of pyridine rings is 1. The van der Waals surface area contributed by atoms with Crippen molar-refractivity contribution in [2.24, 2.45) is 0 Å². The summed E-state index contributed by atoms with van der Waals surface area (Å²) in [6.45, 7) is 10.2. The van der Waals surface area contributed by atoms with Gasteiger partial charge in [0.2, 0.25) is 0 Å². The first kappa shape index (κ1) is 28.6. The minimum atomic E-state index is -0.722. The molecule has 1 fully saturated rings. The van der Waals surface area contributed by atoms with Crippen molar-refractivity contribution in [1.82, 2.24) is 10.3 Å². The van der Waals surface area contributed by atoms with Crippen LogP contribution in [0.1, 0.15) is 67.6 Å². The van der Waals surface area contributed by atoms with Crippen molar-refractivity contribution in [3.63, 3.8) is 0 Å². The van der Waals surface area contributed by atoms with Crippen LogP contribution >= 0.6 is 0 Å². The van der Waals surface area contributed by atoms with E-state index < -0.39 is 30.4 Å². The number of esters is 1. The summed E-state index contributed by atoms with van der Waals surface area (Å²) >= 11 is 0. The fraction of sp³-hybridized carbons (Fsp3) is 0.344. The van der Waals surface area contributed by atoms with Crippen molar-refractivity contribution in [2.45, 2.75) is 51.7 Å². The third-order valence-corrected chi connectivity index (χ3v) is 7.96. The third-order valence-electron chi connectivity index (χ3n) is 7.96. The van der Waals surface area contributed by atoms with Crippen molar-refractivity contribution in [1.29, 1.82) is 0 Å². The number of alkyl carbamates (subject to hydrolysis) is 1. The molecule has 1 saturated heterocycles. The van der Waals surface area contributed by atoms with E-state index in [0.29, 0.717) is 16.6 Å². The summed E-state index contributed by atoms with van der Waals surface area (Å²) in [4.78, 5) is 29.4. The van der Waals surface area contributed by atoms with Gasteiger partial charge < -0.3 is 24.1 Å². The zero-order valence-corrected chi connectivity index (χ0v) is 24.1. The van der Waals surface area contributed by atoms with E-state index in [1.807, 2.05) is 58.0 Å². The van der Waals surface area contributed by atoms with Crippen LogP contribution in [-0.4, -0.2) is 55.1 Å². The number of nitrogens with zero attached hydrogens (tertiary/aromatic N) is 1. The van der Waals surface area contributed by atoms with Gasteiger partial charge in [-0.3, -0.25) is 4.98 Å². The highest BCUT2D eigenvalue weighted by atomic mass is 16.7. The fourth-order valence-corrected chi connectivity index (χ4v) is 5.10. The van der Waals surface area contributed by atoms with Gasteiger partial charge in [0.1, 0.15) is 6.61 Å². The van der Waals surface area contributed by atoms with E-state index in [2.05, 4.69) is 34.6 Å². The molecule has 5 rings (SSSR count). The maximum absolute atomic E-state index is 12.9. The van der Waals surface area contributed by atoms with E-state index in [4.69, 9.17) is 18.8 Å². The lowest BCUT2D eigenvalue weighted by atomic mass is 9.77.